The van der Waals surface area contributed by atoms with E-state index in [2.05, 4.69) is 10.3 Å². The van der Waals surface area contributed by atoms with Crippen molar-refractivity contribution < 1.29 is 14.1 Å². The monoisotopic (exact) mass is 341 g/mol. The lowest BCUT2D eigenvalue weighted by atomic mass is 10.3. The molecule has 0 atom stereocenters. The summed E-state index contributed by atoms with van der Waals surface area (Å²) in [6.45, 7) is 3.60. The first-order valence-electron chi connectivity index (χ1n) is 6.17. The molecule has 22 heavy (non-hydrogen) atoms. The molecule has 0 aliphatic carbocycles. The largest absolute Gasteiger partial charge is 0.437 e. The quantitative estimate of drug-likeness (QED) is 0.507. The number of thioether (sulfide) groups is 1. The van der Waals surface area contributed by atoms with Crippen LogP contribution >= 0.6 is 23.4 Å². The van der Waals surface area contributed by atoms with E-state index in [4.69, 9.17) is 16.0 Å². The number of nitrogens with zero attached hydrogens (tertiary/aromatic N) is 2. The highest BCUT2D eigenvalue weighted by molar-refractivity contribution is 7.99. The van der Waals surface area contributed by atoms with Crippen molar-refractivity contribution in [3.05, 3.63) is 44.8 Å². The Morgan fingerprint density at radius 2 is 2.23 bits per heavy atom. The molecule has 0 aliphatic rings. The zero-order chi connectivity index (χ0) is 16.3. The summed E-state index contributed by atoms with van der Waals surface area (Å²) in [7, 11) is 0. The first-order chi connectivity index (χ1) is 10.4. The number of anilines is 1. The van der Waals surface area contributed by atoms with Crippen molar-refractivity contribution >= 4 is 40.6 Å². The number of carbonyl (C=O) groups is 1. The molecular weight excluding hydrogens is 330 g/mol. The Labute approximate surface area is 135 Å². The van der Waals surface area contributed by atoms with E-state index in [1.807, 2.05) is 6.92 Å². The van der Waals surface area contributed by atoms with Gasteiger partial charge in [-0.05, 0) is 19.9 Å². The van der Waals surface area contributed by atoms with Gasteiger partial charge in [0.25, 0.3) is 10.9 Å². The maximum Gasteiger partial charge on any atom is 0.271 e. The summed E-state index contributed by atoms with van der Waals surface area (Å²) in [6, 6.07) is 3.85. The molecule has 0 unspecified atom stereocenters. The van der Waals surface area contributed by atoms with E-state index >= 15 is 0 Å². The Hall–Kier alpha value is -2.06. The fraction of sp³-hybridized carbons (Fsp3) is 0.231. The zero-order valence-corrected chi connectivity index (χ0v) is 13.3. The highest BCUT2D eigenvalue weighted by atomic mass is 35.5. The number of hydrogen-bond donors (Lipinski definition) is 1. The van der Waals surface area contributed by atoms with Crippen LogP contribution in [0.5, 0.6) is 0 Å². The number of rotatable bonds is 5. The smallest absolute Gasteiger partial charge is 0.271 e. The van der Waals surface area contributed by atoms with Gasteiger partial charge in [0.1, 0.15) is 5.76 Å². The van der Waals surface area contributed by atoms with Crippen molar-refractivity contribution in [1.82, 2.24) is 4.98 Å². The summed E-state index contributed by atoms with van der Waals surface area (Å²) in [6.07, 6.45) is 0. The third-order valence-corrected chi connectivity index (χ3v) is 3.93. The molecule has 2 rings (SSSR count). The van der Waals surface area contributed by atoms with E-state index in [1.165, 1.54) is 18.2 Å². The fourth-order valence-corrected chi connectivity index (χ4v) is 2.42. The molecule has 0 radical (unpaired) electrons. The lowest BCUT2D eigenvalue weighted by Crippen LogP contribution is -2.14. The first kappa shape index (κ1) is 16.3. The highest BCUT2D eigenvalue weighted by Crippen LogP contribution is 2.27. The molecule has 1 amide bonds. The number of nitrogens with one attached hydrogen (secondary N) is 1. The fourth-order valence-electron chi connectivity index (χ4n) is 1.54. The van der Waals surface area contributed by atoms with E-state index < -0.39 is 4.92 Å². The minimum Gasteiger partial charge on any atom is -0.437 e. The van der Waals surface area contributed by atoms with Gasteiger partial charge in [-0.1, -0.05) is 23.4 Å². The van der Waals surface area contributed by atoms with Crippen LogP contribution in [0.2, 0.25) is 5.02 Å². The topological polar surface area (TPSA) is 98.3 Å². The molecule has 1 aromatic carbocycles. The molecule has 0 spiro atoms. The van der Waals surface area contributed by atoms with Crippen LogP contribution in [0.4, 0.5) is 11.4 Å². The van der Waals surface area contributed by atoms with Crippen LogP contribution in [-0.2, 0) is 4.79 Å². The number of non-ortho nitro benzene ring substituents is 1. The number of amides is 1. The minimum absolute atomic E-state index is 0.0540. The second kappa shape index (κ2) is 6.80. The molecule has 2 aromatic rings. The third kappa shape index (κ3) is 3.99. The van der Waals surface area contributed by atoms with E-state index in [-0.39, 0.29) is 28.1 Å². The summed E-state index contributed by atoms with van der Waals surface area (Å²) < 4.78 is 5.35. The van der Waals surface area contributed by atoms with Crippen molar-refractivity contribution in [3.8, 4) is 0 Å². The van der Waals surface area contributed by atoms with Crippen molar-refractivity contribution in [1.29, 1.82) is 0 Å². The molecule has 1 N–H and O–H groups in total. The molecule has 0 aliphatic heterocycles. The number of hydrogen-bond acceptors (Lipinski definition) is 6. The van der Waals surface area contributed by atoms with Crippen molar-refractivity contribution in [2.75, 3.05) is 11.1 Å². The van der Waals surface area contributed by atoms with Crippen molar-refractivity contribution in [2.24, 2.45) is 0 Å². The van der Waals surface area contributed by atoms with Gasteiger partial charge >= 0.3 is 0 Å². The number of benzene rings is 1. The standard InChI is InChI=1S/C13H12ClN3O4S/c1-7-8(2)21-13(15-7)22-6-12(18)16-11-5-9(17(19)20)3-4-10(11)14/h3-5H,6H2,1-2H3,(H,16,18). The van der Waals surface area contributed by atoms with Gasteiger partial charge < -0.3 is 9.73 Å². The van der Waals surface area contributed by atoms with Crippen LogP contribution in [0, 0.1) is 24.0 Å². The molecule has 7 nitrogen and oxygen atoms in total. The number of carbonyl (C=O) groups excluding carboxylic acids is 1. The van der Waals surface area contributed by atoms with Gasteiger partial charge in [0.15, 0.2) is 0 Å². The zero-order valence-electron chi connectivity index (χ0n) is 11.8. The molecule has 1 heterocycles. The predicted octanol–water partition coefficient (Wildman–Crippen LogP) is 3.58. The van der Waals surface area contributed by atoms with Gasteiger partial charge in [-0.25, -0.2) is 4.98 Å². The van der Waals surface area contributed by atoms with Gasteiger partial charge in [0, 0.05) is 12.1 Å². The number of aromatic nitrogens is 1. The number of aryl methyl sites for hydroxylation is 2. The van der Waals surface area contributed by atoms with E-state index in [1.54, 1.807) is 6.92 Å². The van der Waals surface area contributed by atoms with Crippen LogP contribution in [0.3, 0.4) is 0 Å². The summed E-state index contributed by atoms with van der Waals surface area (Å²) >= 11 is 7.04. The Morgan fingerprint density at radius 3 is 2.82 bits per heavy atom. The Bertz CT molecular complexity index is 713. The maximum absolute atomic E-state index is 11.9. The van der Waals surface area contributed by atoms with Crippen LogP contribution in [0.15, 0.2) is 27.8 Å². The van der Waals surface area contributed by atoms with E-state index in [9.17, 15) is 14.9 Å². The number of nitro groups is 1. The molecule has 0 fully saturated rings. The Morgan fingerprint density at radius 1 is 1.50 bits per heavy atom. The van der Waals surface area contributed by atoms with Crippen LogP contribution in [0.25, 0.3) is 0 Å². The van der Waals surface area contributed by atoms with Crippen LogP contribution < -0.4 is 5.32 Å². The van der Waals surface area contributed by atoms with Gasteiger partial charge in [0.05, 0.1) is 27.1 Å². The van der Waals surface area contributed by atoms with E-state index in [0.29, 0.717) is 11.0 Å². The predicted molar refractivity (Wildman–Crippen MR) is 83.4 cm³/mol. The van der Waals surface area contributed by atoms with Crippen molar-refractivity contribution in [2.45, 2.75) is 19.1 Å². The Balaban J connectivity index is 2.00. The second-order valence-corrected chi connectivity index (χ2v) is 5.71. The van der Waals surface area contributed by atoms with Crippen LogP contribution in [-0.4, -0.2) is 21.6 Å². The molecule has 1 aromatic heterocycles. The van der Waals surface area contributed by atoms with Crippen molar-refractivity contribution in [3.63, 3.8) is 0 Å². The maximum atomic E-state index is 11.9. The Kier molecular flexibility index (Phi) is 5.04. The minimum atomic E-state index is -0.556. The van der Waals surface area contributed by atoms with Gasteiger partial charge in [-0.3, -0.25) is 14.9 Å². The lowest BCUT2D eigenvalue weighted by molar-refractivity contribution is -0.384. The normalized spacial score (nSPS) is 10.5. The molecule has 9 heteroatoms. The van der Waals surface area contributed by atoms with Gasteiger partial charge in [0.2, 0.25) is 5.91 Å². The average Bonchev–Trinajstić information content (AvgIpc) is 2.78. The third-order valence-electron chi connectivity index (χ3n) is 2.77. The van der Waals surface area contributed by atoms with Crippen LogP contribution in [0.1, 0.15) is 11.5 Å². The summed E-state index contributed by atoms with van der Waals surface area (Å²) in [4.78, 5) is 26.2. The summed E-state index contributed by atoms with van der Waals surface area (Å²) in [5.41, 5.74) is 0.817. The number of oxazole rings is 1. The van der Waals surface area contributed by atoms with Gasteiger partial charge in [-0.15, -0.1) is 0 Å². The second-order valence-electron chi connectivity index (χ2n) is 4.38. The lowest BCUT2D eigenvalue weighted by Gasteiger charge is -2.06. The SMILES string of the molecule is Cc1nc(SCC(=O)Nc2cc([N+](=O)[O-])ccc2Cl)oc1C. The molecule has 116 valence electrons. The number of nitro benzene ring substituents is 1. The first-order valence-corrected chi connectivity index (χ1v) is 7.54. The number of halogens is 1. The molecular formula is C13H12ClN3O4S. The molecule has 0 saturated heterocycles. The summed E-state index contributed by atoms with van der Waals surface area (Å²) in [5.74, 6) is 0.392. The van der Waals surface area contributed by atoms with E-state index in [0.717, 1.165) is 17.5 Å². The summed E-state index contributed by atoms with van der Waals surface area (Å²) in [5, 5.41) is 13.9. The van der Waals surface area contributed by atoms with Gasteiger partial charge in [-0.2, -0.15) is 0 Å². The molecule has 0 bridgehead atoms. The molecule has 0 saturated carbocycles. The highest BCUT2D eigenvalue weighted by Gasteiger charge is 2.14. The average molecular weight is 342 g/mol.